The molecule has 0 unspecified atom stereocenters. The van der Waals surface area contributed by atoms with E-state index in [1.807, 2.05) is 36.4 Å². The Bertz CT molecular complexity index is 812. The molecule has 0 radical (unpaired) electrons. The Morgan fingerprint density at radius 2 is 2.00 bits per heavy atom. The van der Waals surface area contributed by atoms with E-state index in [1.165, 1.54) is 6.20 Å². The quantitative estimate of drug-likeness (QED) is 0.548. The molecule has 2 aromatic heterocycles. The van der Waals surface area contributed by atoms with Crippen LogP contribution in [-0.2, 0) is 6.54 Å². The van der Waals surface area contributed by atoms with Crippen molar-refractivity contribution in [2.24, 2.45) is 5.84 Å². The second kappa shape index (κ2) is 5.10. The van der Waals surface area contributed by atoms with Crippen molar-refractivity contribution in [2.45, 2.75) is 6.54 Å². The van der Waals surface area contributed by atoms with Gasteiger partial charge in [0.15, 0.2) is 0 Å². The summed E-state index contributed by atoms with van der Waals surface area (Å²) in [7, 11) is 0. The molecular formula is C14H13N5O. The summed E-state index contributed by atoms with van der Waals surface area (Å²) in [6.45, 7) is 0.372. The third-order valence-electron chi connectivity index (χ3n) is 3.03. The summed E-state index contributed by atoms with van der Waals surface area (Å²) >= 11 is 0. The minimum atomic E-state index is -0.156. The summed E-state index contributed by atoms with van der Waals surface area (Å²) in [4.78, 5) is 20.5. The number of rotatable bonds is 3. The van der Waals surface area contributed by atoms with Gasteiger partial charge < -0.3 is 5.43 Å². The maximum atomic E-state index is 12.0. The Kier molecular flexibility index (Phi) is 3.14. The van der Waals surface area contributed by atoms with Gasteiger partial charge in [-0.2, -0.15) is 0 Å². The van der Waals surface area contributed by atoms with Crippen LogP contribution in [0.4, 0.5) is 5.82 Å². The molecule has 0 aliphatic rings. The number of nitrogens with two attached hydrogens (primary N) is 1. The lowest BCUT2D eigenvalue weighted by atomic mass is 10.2. The lowest BCUT2D eigenvalue weighted by molar-refractivity contribution is 0.765. The van der Waals surface area contributed by atoms with Crippen molar-refractivity contribution in [3.63, 3.8) is 0 Å². The van der Waals surface area contributed by atoms with E-state index in [0.29, 0.717) is 12.4 Å². The van der Waals surface area contributed by atoms with Crippen molar-refractivity contribution < 1.29 is 0 Å². The summed E-state index contributed by atoms with van der Waals surface area (Å²) in [5, 5.41) is 0. The van der Waals surface area contributed by atoms with Gasteiger partial charge in [-0.25, -0.2) is 15.8 Å². The Labute approximate surface area is 114 Å². The number of nitrogens with zero attached hydrogens (tertiary/aromatic N) is 3. The fraction of sp³-hybridized carbons (Fsp3) is 0.0714. The fourth-order valence-electron chi connectivity index (χ4n) is 2.09. The zero-order chi connectivity index (χ0) is 13.9. The van der Waals surface area contributed by atoms with E-state index in [2.05, 4.69) is 15.4 Å². The van der Waals surface area contributed by atoms with Crippen LogP contribution in [0.3, 0.4) is 0 Å². The zero-order valence-corrected chi connectivity index (χ0v) is 10.7. The molecule has 100 valence electrons. The molecule has 3 rings (SSSR count). The zero-order valence-electron chi connectivity index (χ0n) is 10.7. The number of nitrogens with one attached hydrogen (secondary N) is 1. The highest BCUT2D eigenvalue weighted by molar-refractivity contribution is 5.74. The number of aromatic nitrogens is 3. The van der Waals surface area contributed by atoms with Gasteiger partial charge in [-0.3, -0.25) is 9.36 Å². The van der Waals surface area contributed by atoms with Gasteiger partial charge in [0.1, 0.15) is 5.82 Å². The van der Waals surface area contributed by atoms with E-state index in [-0.39, 0.29) is 5.56 Å². The predicted octanol–water partition coefficient (Wildman–Crippen LogP) is 1.13. The smallest absolute Gasteiger partial charge is 0.269 e. The van der Waals surface area contributed by atoms with Crippen LogP contribution in [0.2, 0.25) is 0 Å². The molecule has 3 aromatic rings. The minimum absolute atomic E-state index is 0.156. The molecule has 0 aliphatic heterocycles. The van der Waals surface area contributed by atoms with Gasteiger partial charge in [-0.05, 0) is 24.3 Å². The first-order valence-electron chi connectivity index (χ1n) is 6.15. The van der Waals surface area contributed by atoms with Crippen LogP contribution in [0.1, 0.15) is 5.69 Å². The molecule has 20 heavy (non-hydrogen) atoms. The SMILES string of the molecule is NNc1cccc(Cn2c(=O)cnc3ccccc32)n1. The lowest BCUT2D eigenvalue weighted by Crippen LogP contribution is -2.21. The van der Waals surface area contributed by atoms with Gasteiger partial charge in [0.05, 0.1) is 29.5 Å². The normalized spacial score (nSPS) is 10.7. The summed E-state index contributed by atoms with van der Waals surface area (Å²) in [6, 6.07) is 13.0. The van der Waals surface area contributed by atoms with E-state index in [0.717, 1.165) is 16.7 Å². The van der Waals surface area contributed by atoms with Gasteiger partial charge in [0, 0.05) is 0 Å². The molecular weight excluding hydrogens is 254 g/mol. The highest BCUT2D eigenvalue weighted by atomic mass is 16.1. The molecule has 6 heteroatoms. The molecule has 2 heterocycles. The van der Waals surface area contributed by atoms with Crippen LogP contribution < -0.4 is 16.8 Å². The predicted molar refractivity (Wildman–Crippen MR) is 77.2 cm³/mol. The highest BCUT2D eigenvalue weighted by Crippen LogP contribution is 2.11. The van der Waals surface area contributed by atoms with E-state index in [4.69, 9.17) is 5.84 Å². The number of hydrogen-bond acceptors (Lipinski definition) is 5. The number of anilines is 1. The largest absolute Gasteiger partial charge is 0.308 e. The second-order valence-corrected chi connectivity index (χ2v) is 4.33. The van der Waals surface area contributed by atoms with Crippen LogP contribution in [-0.4, -0.2) is 14.5 Å². The topological polar surface area (TPSA) is 85.8 Å². The number of fused-ring (bicyclic) bond motifs is 1. The molecule has 1 aromatic carbocycles. The lowest BCUT2D eigenvalue weighted by Gasteiger charge is -2.09. The second-order valence-electron chi connectivity index (χ2n) is 4.33. The Morgan fingerprint density at radius 3 is 2.85 bits per heavy atom. The molecule has 0 aliphatic carbocycles. The van der Waals surface area contributed by atoms with Gasteiger partial charge in [0.25, 0.3) is 5.56 Å². The maximum Gasteiger partial charge on any atom is 0.269 e. The molecule has 0 saturated carbocycles. The van der Waals surface area contributed by atoms with Crippen LogP contribution in [0, 0.1) is 0 Å². The van der Waals surface area contributed by atoms with E-state index >= 15 is 0 Å². The molecule has 0 saturated heterocycles. The summed E-state index contributed by atoms with van der Waals surface area (Å²) in [5.41, 5.74) is 4.65. The number of nitrogen functional groups attached to an aromatic ring is 1. The van der Waals surface area contributed by atoms with Crippen molar-refractivity contribution in [3.8, 4) is 0 Å². The number of hydrazine groups is 1. The molecule has 0 amide bonds. The Balaban J connectivity index is 2.10. The Morgan fingerprint density at radius 1 is 1.15 bits per heavy atom. The van der Waals surface area contributed by atoms with Gasteiger partial charge in [-0.15, -0.1) is 0 Å². The van der Waals surface area contributed by atoms with Gasteiger partial charge in [0.2, 0.25) is 0 Å². The minimum Gasteiger partial charge on any atom is -0.308 e. The summed E-state index contributed by atoms with van der Waals surface area (Å²) in [6.07, 6.45) is 1.33. The number of pyridine rings is 1. The van der Waals surface area contributed by atoms with Crippen molar-refractivity contribution in [2.75, 3.05) is 5.43 Å². The van der Waals surface area contributed by atoms with E-state index in [9.17, 15) is 4.79 Å². The van der Waals surface area contributed by atoms with Crippen molar-refractivity contribution in [1.82, 2.24) is 14.5 Å². The molecule has 0 spiro atoms. The van der Waals surface area contributed by atoms with E-state index < -0.39 is 0 Å². The third-order valence-corrected chi connectivity index (χ3v) is 3.03. The van der Waals surface area contributed by atoms with Gasteiger partial charge in [-0.1, -0.05) is 18.2 Å². The molecule has 0 atom stereocenters. The molecule has 3 N–H and O–H groups in total. The Hall–Kier alpha value is -2.73. The fourth-order valence-corrected chi connectivity index (χ4v) is 2.09. The monoisotopic (exact) mass is 267 g/mol. The van der Waals surface area contributed by atoms with Crippen LogP contribution >= 0.6 is 0 Å². The van der Waals surface area contributed by atoms with Gasteiger partial charge >= 0.3 is 0 Å². The average molecular weight is 267 g/mol. The van der Waals surface area contributed by atoms with Crippen molar-refractivity contribution in [1.29, 1.82) is 0 Å². The molecule has 0 fully saturated rings. The van der Waals surface area contributed by atoms with Crippen LogP contribution in [0.15, 0.2) is 53.5 Å². The number of benzene rings is 1. The summed E-state index contributed by atoms with van der Waals surface area (Å²) < 4.78 is 1.64. The number of para-hydroxylation sites is 2. The first kappa shape index (κ1) is 12.3. The van der Waals surface area contributed by atoms with Crippen LogP contribution in [0.5, 0.6) is 0 Å². The summed E-state index contributed by atoms with van der Waals surface area (Å²) in [5.74, 6) is 5.91. The first-order valence-corrected chi connectivity index (χ1v) is 6.15. The van der Waals surface area contributed by atoms with Crippen LogP contribution in [0.25, 0.3) is 11.0 Å². The maximum absolute atomic E-state index is 12.0. The van der Waals surface area contributed by atoms with E-state index in [1.54, 1.807) is 10.6 Å². The average Bonchev–Trinajstić information content (AvgIpc) is 2.50. The van der Waals surface area contributed by atoms with Crippen molar-refractivity contribution in [3.05, 3.63) is 64.7 Å². The highest BCUT2D eigenvalue weighted by Gasteiger charge is 2.05. The van der Waals surface area contributed by atoms with Crippen molar-refractivity contribution >= 4 is 16.9 Å². The standard InChI is InChI=1S/C14H13N5O/c15-18-13-7-3-4-10(17-13)9-19-12-6-2-1-5-11(12)16-8-14(19)20/h1-8H,9,15H2,(H,17,18). The molecule has 0 bridgehead atoms. The third kappa shape index (κ3) is 2.24. The number of hydrogen-bond donors (Lipinski definition) is 2. The molecule has 6 nitrogen and oxygen atoms in total. The first-order chi connectivity index (χ1) is 9.78.